The highest BCUT2D eigenvalue weighted by atomic mass is 79.9. The van der Waals surface area contributed by atoms with Crippen molar-refractivity contribution < 1.29 is 9.30 Å². The van der Waals surface area contributed by atoms with E-state index in [4.69, 9.17) is 9.72 Å². The first-order chi connectivity index (χ1) is 22.6. The first-order valence-electron chi connectivity index (χ1n) is 16.0. The van der Waals surface area contributed by atoms with Crippen LogP contribution in [0, 0.1) is 11.3 Å². The van der Waals surface area contributed by atoms with E-state index in [9.17, 15) is 9.83 Å². The zero-order chi connectivity index (χ0) is 33.3. The second-order valence-corrected chi connectivity index (χ2v) is 16.6. The molecule has 2 saturated heterocycles. The van der Waals surface area contributed by atoms with Gasteiger partial charge in [0.15, 0.2) is 5.65 Å². The summed E-state index contributed by atoms with van der Waals surface area (Å²) >= 11 is 3.57. The number of hydrogen-bond acceptors (Lipinski definition) is 11. The summed E-state index contributed by atoms with van der Waals surface area (Å²) < 4.78 is 21.6. The fourth-order valence-electron chi connectivity index (χ4n) is 6.63. The van der Waals surface area contributed by atoms with Crippen LogP contribution < -0.4 is 25.6 Å². The van der Waals surface area contributed by atoms with Gasteiger partial charge in [0.2, 0.25) is 5.95 Å². The summed E-state index contributed by atoms with van der Waals surface area (Å²) in [5.41, 5.74) is 4.68. The van der Waals surface area contributed by atoms with E-state index in [1.54, 1.807) is 43.3 Å². The third-order valence-electron chi connectivity index (χ3n) is 9.19. The van der Waals surface area contributed by atoms with E-state index >= 15 is 0 Å². The third kappa shape index (κ3) is 6.97. The van der Waals surface area contributed by atoms with Gasteiger partial charge in [-0.2, -0.15) is 10.2 Å². The van der Waals surface area contributed by atoms with Crippen LogP contribution in [0.4, 0.5) is 28.8 Å². The fourth-order valence-corrected chi connectivity index (χ4v) is 8.28. The molecule has 0 radical (unpaired) electrons. The zero-order valence-electron chi connectivity index (χ0n) is 27.6. The first kappa shape index (κ1) is 33.2. The van der Waals surface area contributed by atoms with Crippen molar-refractivity contribution in [3.05, 3.63) is 52.5 Å². The van der Waals surface area contributed by atoms with Crippen LogP contribution in [0.2, 0.25) is 0 Å². The van der Waals surface area contributed by atoms with E-state index in [0.29, 0.717) is 44.6 Å². The smallest absolute Gasteiger partial charge is 0.229 e. The van der Waals surface area contributed by atoms with Crippen LogP contribution >= 0.6 is 23.1 Å². The van der Waals surface area contributed by atoms with Crippen molar-refractivity contribution in [2.45, 2.75) is 32.2 Å². The van der Waals surface area contributed by atoms with Gasteiger partial charge < -0.3 is 29.7 Å². The summed E-state index contributed by atoms with van der Waals surface area (Å²) in [6.07, 6.45) is 8.10. The number of likely N-dealkylation sites (N-methyl/N-ethyl adjacent to an activating group) is 1. The predicted molar refractivity (Wildman–Crippen MR) is 192 cm³/mol. The summed E-state index contributed by atoms with van der Waals surface area (Å²) in [6.45, 7) is 12.2. The van der Waals surface area contributed by atoms with E-state index in [0.717, 1.165) is 70.0 Å². The zero-order valence-corrected chi connectivity index (χ0v) is 30.1. The van der Waals surface area contributed by atoms with Crippen molar-refractivity contribution in [3.8, 4) is 11.8 Å². The Labute approximate surface area is 284 Å². The monoisotopic (exact) mass is 720 g/mol. The molecule has 14 heteroatoms. The third-order valence-corrected chi connectivity index (χ3v) is 11.3. The number of benzene rings is 1. The van der Waals surface area contributed by atoms with E-state index in [1.807, 2.05) is 0 Å². The predicted octanol–water partition coefficient (Wildman–Crippen LogP) is 5.28. The van der Waals surface area contributed by atoms with Crippen LogP contribution in [0.3, 0.4) is 0 Å². The van der Waals surface area contributed by atoms with Crippen LogP contribution in [-0.4, -0.2) is 102 Å². The molecule has 5 heterocycles. The Morgan fingerprint density at radius 1 is 1.06 bits per heavy atom. The topological polar surface area (TPSA) is 127 Å². The number of nitrogens with one attached hydrogen (secondary N) is 2. The lowest BCUT2D eigenvalue weighted by Gasteiger charge is -2.43. The van der Waals surface area contributed by atoms with Crippen molar-refractivity contribution in [2.75, 3.05) is 82.3 Å². The lowest BCUT2D eigenvalue weighted by atomic mass is 9.99. The molecule has 47 heavy (non-hydrogen) atoms. The average Bonchev–Trinajstić information content (AvgIpc) is 3.49. The number of piperazine rings is 1. The van der Waals surface area contributed by atoms with Crippen molar-refractivity contribution in [2.24, 2.45) is 0 Å². The quantitative estimate of drug-likeness (QED) is 0.219. The van der Waals surface area contributed by atoms with Gasteiger partial charge in [-0.05, 0) is 73.3 Å². The molecule has 2 N–H and O–H groups in total. The van der Waals surface area contributed by atoms with Gasteiger partial charge in [0.25, 0.3) is 0 Å². The molecule has 4 aromatic rings. The van der Waals surface area contributed by atoms with Crippen molar-refractivity contribution in [1.29, 1.82) is 5.26 Å². The SMILES string of the molecule is CCc1cc(Nc2ncc(Br)c(Nc3ccn4c(C#N)cnc4c3P(C)(C)=O)n2)c(OC)cc1N1CCC(N2CCN(C)CC2)CC1. The summed E-state index contributed by atoms with van der Waals surface area (Å²) in [5, 5.41) is 16.7. The highest BCUT2D eigenvalue weighted by Crippen LogP contribution is 2.41. The maximum absolute atomic E-state index is 13.4. The molecule has 0 atom stereocenters. The summed E-state index contributed by atoms with van der Waals surface area (Å²) in [5.74, 6) is 1.59. The highest BCUT2D eigenvalue weighted by Gasteiger charge is 2.28. The molecule has 2 fully saturated rings. The Hall–Kier alpha value is -3.69. The molecule has 1 aromatic carbocycles. The first-order valence-corrected chi connectivity index (χ1v) is 19.4. The van der Waals surface area contributed by atoms with Gasteiger partial charge in [-0.25, -0.2) is 9.97 Å². The Morgan fingerprint density at radius 3 is 2.47 bits per heavy atom. The van der Waals surface area contributed by atoms with Crippen LogP contribution in [0.15, 0.2) is 41.3 Å². The van der Waals surface area contributed by atoms with E-state index in [2.05, 4.69) is 83.4 Å². The fraction of sp³-hybridized carbons (Fsp3) is 0.455. The average molecular weight is 722 g/mol. The maximum Gasteiger partial charge on any atom is 0.229 e. The van der Waals surface area contributed by atoms with Gasteiger partial charge in [0, 0.05) is 69.5 Å². The number of halogens is 1. The number of hydrogen-bond donors (Lipinski definition) is 2. The number of aryl methyl sites for hydroxylation is 1. The van der Waals surface area contributed by atoms with Crippen LogP contribution in [-0.2, 0) is 11.0 Å². The van der Waals surface area contributed by atoms with Gasteiger partial charge >= 0.3 is 0 Å². The molecule has 2 aliphatic rings. The minimum atomic E-state index is -2.82. The molecule has 0 aliphatic carbocycles. The van der Waals surface area contributed by atoms with Crippen LogP contribution in [0.1, 0.15) is 31.0 Å². The van der Waals surface area contributed by atoms with Gasteiger partial charge in [-0.1, -0.05) is 6.92 Å². The minimum absolute atomic E-state index is 0.373. The van der Waals surface area contributed by atoms with Crippen molar-refractivity contribution in [1.82, 2.24) is 29.2 Å². The Bertz CT molecular complexity index is 1850. The number of piperidine rings is 1. The molecule has 0 spiro atoms. The molecule has 0 bridgehead atoms. The van der Waals surface area contributed by atoms with E-state index < -0.39 is 7.14 Å². The Kier molecular flexibility index (Phi) is 9.76. The molecule has 3 aromatic heterocycles. The summed E-state index contributed by atoms with van der Waals surface area (Å²) in [4.78, 5) is 21.3. The molecule has 2 aliphatic heterocycles. The van der Waals surface area contributed by atoms with Crippen LogP contribution in [0.25, 0.3) is 5.65 Å². The van der Waals surface area contributed by atoms with Gasteiger partial charge in [-0.15, -0.1) is 0 Å². The number of anilines is 5. The highest BCUT2D eigenvalue weighted by molar-refractivity contribution is 9.10. The second kappa shape index (κ2) is 13.8. The summed E-state index contributed by atoms with van der Waals surface area (Å²) in [7, 11) is 1.07. The maximum atomic E-state index is 13.4. The number of nitriles is 1. The minimum Gasteiger partial charge on any atom is -0.494 e. The van der Waals surface area contributed by atoms with Crippen molar-refractivity contribution in [3.63, 3.8) is 0 Å². The van der Waals surface area contributed by atoms with Gasteiger partial charge in [-0.3, -0.25) is 9.30 Å². The van der Waals surface area contributed by atoms with Crippen LogP contribution in [0.5, 0.6) is 5.75 Å². The number of rotatable bonds is 9. The Morgan fingerprint density at radius 2 is 1.81 bits per heavy atom. The number of imidazole rings is 1. The number of methoxy groups -OCH3 is 1. The lowest BCUT2D eigenvalue weighted by molar-refractivity contribution is 0.0982. The molecular formula is C33H42BrN10O2P. The van der Waals surface area contributed by atoms with Crippen molar-refractivity contribution >= 4 is 62.9 Å². The normalized spacial score (nSPS) is 16.7. The number of pyridine rings is 1. The second-order valence-electron chi connectivity index (χ2n) is 12.6. The standard InChI is InChI=1S/C33H42BrN10O2P/c1-6-22-17-27(29(46-3)18-28(22)43-10-7-23(8-11-43)42-15-13-41(2)14-16-42)39-33-37-21-25(34)31(40-33)38-26-9-12-44-24(19-35)20-36-32(44)30(26)47(4,5)45/h9,12,17-18,20-21,23H,6-8,10-11,13-16H2,1-5H3,(H2,37,38,39,40). The number of ether oxygens (including phenoxy) is 1. The molecule has 0 amide bonds. The number of nitrogens with zero attached hydrogens (tertiary/aromatic N) is 8. The largest absolute Gasteiger partial charge is 0.494 e. The lowest BCUT2D eigenvalue weighted by Crippen LogP contribution is -2.52. The molecule has 6 rings (SSSR count). The molecule has 0 unspecified atom stereocenters. The molecular weight excluding hydrogens is 679 g/mol. The van der Waals surface area contributed by atoms with E-state index in [1.165, 1.54) is 17.4 Å². The van der Waals surface area contributed by atoms with E-state index in [-0.39, 0.29) is 0 Å². The summed E-state index contributed by atoms with van der Waals surface area (Å²) in [6, 6.07) is 8.85. The van der Waals surface area contributed by atoms with Gasteiger partial charge in [0.05, 0.1) is 34.5 Å². The van der Waals surface area contributed by atoms with Gasteiger partial charge in [0.1, 0.15) is 30.5 Å². The number of aromatic nitrogens is 4. The molecule has 248 valence electrons. The molecule has 12 nitrogen and oxygen atoms in total. The Balaban J connectivity index is 1.23. The molecule has 0 saturated carbocycles. The number of fused-ring (bicyclic) bond motifs is 1.